The number of benzene rings is 1. The van der Waals surface area contributed by atoms with Crippen molar-refractivity contribution in [2.45, 2.75) is 19.9 Å². The van der Waals surface area contributed by atoms with E-state index in [0.717, 1.165) is 16.9 Å². The maximum Gasteiger partial charge on any atom is 0.338 e. The van der Waals surface area contributed by atoms with Gasteiger partial charge in [0.1, 0.15) is 0 Å². The number of thiazole rings is 1. The van der Waals surface area contributed by atoms with Crippen molar-refractivity contribution in [1.82, 2.24) is 9.55 Å². The van der Waals surface area contributed by atoms with E-state index in [9.17, 15) is 9.59 Å². The van der Waals surface area contributed by atoms with Crippen LogP contribution >= 0.6 is 11.3 Å². The monoisotopic (exact) mass is 436 g/mol. The van der Waals surface area contributed by atoms with Gasteiger partial charge in [0.25, 0.3) is 5.56 Å². The number of carbonyl (C=O) groups excluding carboxylic acids is 1. The molecular formula is C23H24N4O3S. The predicted molar refractivity (Wildman–Crippen MR) is 122 cm³/mol. The molecule has 1 aromatic carbocycles. The zero-order valence-electron chi connectivity index (χ0n) is 17.9. The lowest BCUT2D eigenvalue weighted by Crippen LogP contribution is -2.39. The number of hydrogen-bond donors (Lipinski definition) is 1. The van der Waals surface area contributed by atoms with Gasteiger partial charge in [-0.15, -0.1) is 0 Å². The molecule has 0 fully saturated rings. The molecule has 3 aromatic rings. The maximum atomic E-state index is 13.4. The Hall–Kier alpha value is -3.39. The number of anilines is 1. The van der Waals surface area contributed by atoms with E-state index in [1.807, 2.05) is 55.4 Å². The first kappa shape index (κ1) is 20.9. The van der Waals surface area contributed by atoms with Crippen molar-refractivity contribution in [3.63, 3.8) is 0 Å². The highest BCUT2D eigenvalue weighted by atomic mass is 32.1. The van der Waals surface area contributed by atoms with Crippen LogP contribution in [0.4, 0.5) is 5.69 Å². The quantitative estimate of drug-likeness (QED) is 0.622. The molecule has 8 heteroatoms. The van der Waals surface area contributed by atoms with Crippen LogP contribution in [0.5, 0.6) is 0 Å². The molecule has 0 aliphatic carbocycles. The van der Waals surface area contributed by atoms with Gasteiger partial charge in [0.05, 0.1) is 28.5 Å². The molecule has 0 radical (unpaired) electrons. The lowest BCUT2D eigenvalue weighted by molar-refractivity contribution is -0.139. The van der Waals surface area contributed by atoms with E-state index in [2.05, 4.69) is 9.98 Å². The highest BCUT2D eigenvalue weighted by Gasteiger charge is 2.33. The van der Waals surface area contributed by atoms with Crippen LogP contribution in [-0.4, -0.2) is 36.2 Å². The summed E-state index contributed by atoms with van der Waals surface area (Å²) < 4.78 is 7.47. The van der Waals surface area contributed by atoms with E-state index in [4.69, 9.17) is 4.74 Å². The summed E-state index contributed by atoms with van der Waals surface area (Å²) in [4.78, 5) is 36.5. The van der Waals surface area contributed by atoms with Crippen molar-refractivity contribution in [3.05, 3.63) is 84.8 Å². The third kappa shape index (κ3) is 3.86. The fourth-order valence-electron chi connectivity index (χ4n) is 3.64. The minimum Gasteiger partial charge on any atom is -0.463 e. The highest BCUT2D eigenvalue weighted by Crippen LogP contribution is 2.31. The molecule has 0 amide bonds. The zero-order chi connectivity index (χ0) is 22.1. The van der Waals surface area contributed by atoms with Gasteiger partial charge in [0.15, 0.2) is 4.80 Å². The third-order valence-electron chi connectivity index (χ3n) is 5.15. The molecule has 4 rings (SSSR count). The van der Waals surface area contributed by atoms with Crippen molar-refractivity contribution in [1.29, 1.82) is 0 Å². The molecule has 2 aromatic heterocycles. The number of nitrogens with one attached hydrogen (secondary N) is 1. The summed E-state index contributed by atoms with van der Waals surface area (Å²) in [6.45, 7) is 3.80. The first-order valence-electron chi connectivity index (χ1n) is 10.0. The number of fused-ring (bicyclic) bond motifs is 1. The molecule has 1 aliphatic rings. The Morgan fingerprint density at radius 3 is 2.65 bits per heavy atom. The van der Waals surface area contributed by atoms with E-state index in [0.29, 0.717) is 20.6 Å². The fourth-order valence-corrected chi connectivity index (χ4v) is 4.67. The van der Waals surface area contributed by atoms with Crippen LogP contribution in [0.2, 0.25) is 0 Å². The van der Waals surface area contributed by atoms with Crippen LogP contribution in [0.25, 0.3) is 6.08 Å². The molecular weight excluding hydrogens is 412 g/mol. The molecule has 0 saturated carbocycles. The minimum atomic E-state index is -0.600. The van der Waals surface area contributed by atoms with Crippen LogP contribution < -0.4 is 19.8 Å². The van der Waals surface area contributed by atoms with E-state index >= 15 is 0 Å². The Morgan fingerprint density at radius 1 is 1.29 bits per heavy atom. The summed E-state index contributed by atoms with van der Waals surface area (Å²) in [7, 11) is 3.93. The number of allylic oxidation sites excluding steroid dienone is 1. The van der Waals surface area contributed by atoms with Crippen LogP contribution in [-0.2, 0) is 9.53 Å². The summed E-state index contributed by atoms with van der Waals surface area (Å²) in [5.74, 6) is -0.455. The number of aromatic amines is 1. The molecule has 0 spiro atoms. The average Bonchev–Trinajstić information content (AvgIpc) is 3.35. The SMILES string of the molecule is CCOC(=O)C1=C(C)N=c2sc(=Cc3ccc[nH]3)c(=O)n2C1c1ccc(N(C)C)cc1. The maximum absolute atomic E-state index is 13.4. The van der Waals surface area contributed by atoms with Gasteiger partial charge < -0.3 is 14.6 Å². The number of ether oxygens (including phenoxy) is 1. The summed E-state index contributed by atoms with van der Waals surface area (Å²) in [6.07, 6.45) is 3.61. The lowest BCUT2D eigenvalue weighted by Gasteiger charge is -2.25. The molecule has 160 valence electrons. The fraction of sp³-hybridized carbons (Fsp3) is 0.261. The van der Waals surface area contributed by atoms with Gasteiger partial charge in [0.2, 0.25) is 0 Å². The van der Waals surface area contributed by atoms with Gasteiger partial charge in [-0.25, -0.2) is 9.79 Å². The van der Waals surface area contributed by atoms with Gasteiger partial charge >= 0.3 is 5.97 Å². The molecule has 7 nitrogen and oxygen atoms in total. The second-order valence-electron chi connectivity index (χ2n) is 7.41. The van der Waals surface area contributed by atoms with E-state index in [1.54, 1.807) is 30.7 Å². The molecule has 1 unspecified atom stereocenters. The van der Waals surface area contributed by atoms with Crippen molar-refractivity contribution in [2.75, 3.05) is 25.6 Å². The Morgan fingerprint density at radius 2 is 2.03 bits per heavy atom. The van der Waals surface area contributed by atoms with E-state index < -0.39 is 12.0 Å². The van der Waals surface area contributed by atoms with Crippen molar-refractivity contribution < 1.29 is 9.53 Å². The van der Waals surface area contributed by atoms with Gasteiger partial charge in [0, 0.05) is 31.7 Å². The second kappa shape index (κ2) is 8.39. The standard InChI is InChI=1S/C23H24N4O3S/c1-5-30-22(29)19-14(2)25-23-27(20(19)15-8-10-17(11-9-15)26(3)4)21(28)18(31-23)13-16-7-6-12-24-16/h6-13,20,24H,5H2,1-4H3. The number of esters is 1. The van der Waals surface area contributed by atoms with Gasteiger partial charge in [-0.05, 0) is 49.8 Å². The first-order chi connectivity index (χ1) is 14.9. The second-order valence-corrected chi connectivity index (χ2v) is 8.42. The van der Waals surface area contributed by atoms with Crippen LogP contribution in [0, 0.1) is 0 Å². The van der Waals surface area contributed by atoms with Crippen LogP contribution in [0.1, 0.15) is 31.1 Å². The van der Waals surface area contributed by atoms with E-state index in [1.165, 1.54) is 11.3 Å². The predicted octanol–water partition coefficient (Wildman–Crippen LogP) is 2.19. The summed E-state index contributed by atoms with van der Waals surface area (Å²) in [5.41, 5.74) is 3.45. The number of hydrogen-bond acceptors (Lipinski definition) is 6. The molecule has 0 bridgehead atoms. The summed E-state index contributed by atoms with van der Waals surface area (Å²) in [5, 5.41) is 0. The van der Waals surface area contributed by atoms with Gasteiger partial charge in [-0.2, -0.15) is 0 Å². The van der Waals surface area contributed by atoms with Gasteiger partial charge in [-0.3, -0.25) is 9.36 Å². The van der Waals surface area contributed by atoms with Gasteiger partial charge in [-0.1, -0.05) is 23.5 Å². The molecule has 1 aliphatic heterocycles. The minimum absolute atomic E-state index is 0.186. The third-order valence-corrected chi connectivity index (χ3v) is 6.13. The lowest BCUT2D eigenvalue weighted by atomic mass is 9.95. The zero-order valence-corrected chi connectivity index (χ0v) is 18.7. The summed E-state index contributed by atoms with van der Waals surface area (Å²) >= 11 is 1.31. The van der Waals surface area contributed by atoms with Crippen LogP contribution in [0.15, 0.2) is 63.7 Å². The van der Waals surface area contributed by atoms with Crippen molar-refractivity contribution >= 4 is 29.1 Å². The normalized spacial score (nSPS) is 16.1. The number of aromatic nitrogens is 2. The molecule has 31 heavy (non-hydrogen) atoms. The largest absolute Gasteiger partial charge is 0.463 e. The smallest absolute Gasteiger partial charge is 0.338 e. The topological polar surface area (TPSA) is 79.7 Å². The molecule has 1 atom stereocenters. The first-order valence-corrected chi connectivity index (χ1v) is 10.8. The number of carbonyl (C=O) groups is 1. The Kier molecular flexibility index (Phi) is 5.65. The van der Waals surface area contributed by atoms with Crippen molar-refractivity contribution in [3.8, 4) is 0 Å². The molecule has 0 saturated heterocycles. The van der Waals surface area contributed by atoms with E-state index in [-0.39, 0.29) is 12.2 Å². The Balaban J connectivity index is 1.94. The highest BCUT2D eigenvalue weighted by molar-refractivity contribution is 7.07. The summed E-state index contributed by atoms with van der Waals surface area (Å²) in [6, 6.07) is 11.0. The Bertz CT molecular complexity index is 1310. The number of H-pyrrole nitrogens is 1. The Labute approximate surface area is 183 Å². The number of nitrogens with zero attached hydrogens (tertiary/aromatic N) is 3. The molecule has 1 N–H and O–H groups in total. The number of rotatable bonds is 5. The van der Waals surface area contributed by atoms with Crippen LogP contribution in [0.3, 0.4) is 0 Å². The van der Waals surface area contributed by atoms with Crippen molar-refractivity contribution in [2.24, 2.45) is 4.99 Å². The average molecular weight is 437 g/mol. The molecule has 3 heterocycles.